The van der Waals surface area contributed by atoms with Gasteiger partial charge >= 0.3 is 0 Å². The molecule has 98 valence electrons. The number of nitrogens with one attached hydrogen (secondary N) is 1. The number of hydrogen-bond acceptors (Lipinski definition) is 5. The summed E-state index contributed by atoms with van der Waals surface area (Å²) < 4.78 is 28.2. The first-order valence-corrected chi connectivity index (χ1v) is 6.81. The van der Waals surface area contributed by atoms with Crippen molar-refractivity contribution in [1.29, 1.82) is 5.26 Å². The Hall–Kier alpha value is -2.40. The Morgan fingerprint density at radius 1 is 1.47 bits per heavy atom. The van der Waals surface area contributed by atoms with Crippen molar-refractivity contribution in [2.24, 2.45) is 7.05 Å². The second-order valence-electron chi connectivity index (χ2n) is 3.86. The normalized spacial score (nSPS) is 11.0. The van der Waals surface area contributed by atoms with Gasteiger partial charge in [-0.05, 0) is 19.1 Å². The van der Waals surface area contributed by atoms with E-state index in [9.17, 15) is 8.42 Å². The molecule has 0 aromatic carbocycles. The molecule has 0 bridgehead atoms. The zero-order valence-electron chi connectivity index (χ0n) is 10.3. The van der Waals surface area contributed by atoms with Crippen LogP contribution < -0.4 is 4.72 Å². The first-order chi connectivity index (χ1) is 8.94. The van der Waals surface area contributed by atoms with Crippen molar-refractivity contribution < 1.29 is 8.42 Å². The van der Waals surface area contributed by atoms with Crippen molar-refractivity contribution in [3.8, 4) is 6.07 Å². The summed E-state index contributed by atoms with van der Waals surface area (Å²) in [7, 11) is -2.24. The van der Waals surface area contributed by atoms with E-state index in [1.54, 1.807) is 26.1 Å². The average molecular weight is 277 g/mol. The van der Waals surface area contributed by atoms with E-state index >= 15 is 0 Å². The van der Waals surface area contributed by atoms with E-state index in [1.165, 1.54) is 23.0 Å². The highest BCUT2D eigenvalue weighted by Gasteiger charge is 2.20. The fourth-order valence-corrected chi connectivity index (χ4v) is 2.78. The second kappa shape index (κ2) is 4.70. The Kier molecular flexibility index (Phi) is 3.23. The smallest absolute Gasteiger partial charge is 0.263 e. The van der Waals surface area contributed by atoms with E-state index in [2.05, 4.69) is 14.8 Å². The van der Waals surface area contributed by atoms with Crippen LogP contribution in [0, 0.1) is 18.3 Å². The summed E-state index contributed by atoms with van der Waals surface area (Å²) in [5.41, 5.74) is 0.542. The number of rotatable bonds is 3. The van der Waals surface area contributed by atoms with Gasteiger partial charge in [-0.3, -0.25) is 9.40 Å². The molecule has 2 aromatic heterocycles. The number of sulfonamides is 1. The molecule has 0 aliphatic heterocycles. The van der Waals surface area contributed by atoms with E-state index in [0.29, 0.717) is 11.5 Å². The molecular weight excluding hydrogens is 266 g/mol. The predicted octanol–water partition coefficient (Wildman–Crippen LogP) is 0.796. The maximum atomic E-state index is 12.2. The average Bonchev–Trinajstić information content (AvgIpc) is 2.67. The molecule has 1 N–H and O–H groups in total. The summed E-state index contributed by atoms with van der Waals surface area (Å²) in [5.74, 6) is 0.324. The molecule has 0 unspecified atom stereocenters. The van der Waals surface area contributed by atoms with Crippen LogP contribution in [0.15, 0.2) is 29.3 Å². The van der Waals surface area contributed by atoms with Crippen LogP contribution in [0.25, 0.3) is 0 Å². The molecule has 0 aliphatic rings. The van der Waals surface area contributed by atoms with E-state index in [1.807, 2.05) is 0 Å². The van der Waals surface area contributed by atoms with Crippen LogP contribution in [0.2, 0.25) is 0 Å². The number of aryl methyl sites for hydroxylation is 2. The highest BCUT2D eigenvalue weighted by molar-refractivity contribution is 7.92. The number of pyridine rings is 1. The quantitative estimate of drug-likeness (QED) is 0.894. The van der Waals surface area contributed by atoms with Crippen LogP contribution in [0.3, 0.4) is 0 Å². The van der Waals surface area contributed by atoms with Gasteiger partial charge in [-0.15, -0.1) is 0 Å². The maximum Gasteiger partial charge on any atom is 0.265 e. The lowest BCUT2D eigenvalue weighted by molar-refractivity contribution is 0.599. The summed E-state index contributed by atoms with van der Waals surface area (Å²) in [6.45, 7) is 1.75. The second-order valence-corrected chi connectivity index (χ2v) is 5.51. The summed E-state index contributed by atoms with van der Waals surface area (Å²) in [4.78, 5) is 3.57. The third-order valence-electron chi connectivity index (χ3n) is 2.41. The number of aromatic nitrogens is 3. The zero-order valence-corrected chi connectivity index (χ0v) is 11.1. The largest absolute Gasteiger partial charge is 0.265 e. The predicted molar refractivity (Wildman–Crippen MR) is 67.7 cm³/mol. The fourth-order valence-electron chi connectivity index (χ4n) is 1.59. The molecule has 0 saturated carbocycles. The molecule has 0 fully saturated rings. The number of hydrogen-bond donors (Lipinski definition) is 1. The highest BCUT2D eigenvalue weighted by atomic mass is 32.2. The number of nitrogens with zero attached hydrogens (tertiary/aromatic N) is 4. The van der Waals surface area contributed by atoms with Crippen molar-refractivity contribution in [3.05, 3.63) is 35.8 Å². The van der Waals surface area contributed by atoms with Gasteiger partial charge in [0.15, 0.2) is 5.69 Å². The van der Waals surface area contributed by atoms with Gasteiger partial charge in [0, 0.05) is 19.3 Å². The third-order valence-corrected chi connectivity index (χ3v) is 3.79. The summed E-state index contributed by atoms with van der Waals surface area (Å²) in [6, 6.07) is 6.14. The topological polar surface area (TPSA) is 101 Å². The first-order valence-electron chi connectivity index (χ1n) is 5.32. The Balaban J connectivity index is 2.44. The minimum Gasteiger partial charge on any atom is -0.263 e. The molecule has 0 aliphatic carbocycles. The monoisotopic (exact) mass is 277 g/mol. The zero-order chi connectivity index (χ0) is 14.0. The minimum absolute atomic E-state index is 0.145. The number of nitriles is 1. The van der Waals surface area contributed by atoms with E-state index < -0.39 is 10.0 Å². The summed E-state index contributed by atoms with van der Waals surface area (Å²) >= 11 is 0. The van der Waals surface area contributed by atoms with Crippen LogP contribution in [-0.2, 0) is 17.1 Å². The Morgan fingerprint density at radius 2 is 2.21 bits per heavy atom. The van der Waals surface area contributed by atoms with Crippen molar-refractivity contribution in [3.63, 3.8) is 0 Å². The van der Waals surface area contributed by atoms with Crippen molar-refractivity contribution in [1.82, 2.24) is 14.8 Å². The Labute approximate surface area is 110 Å². The van der Waals surface area contributed by atoms with Gasteiger partial charge in [0.2, 0.25) is 0 Å². The Bertz CT molecular complexity index is 758. The van der Waals surface area contributed by atoms with E-state index in [4.69, 9.17) is 5.26 Å². The van der Waals surface area contributed by atoms with Crippen LogP contribution in [0.4, 0.5) is 5.82 Å². The molecule has 0 amide bonds. The molecular formula is C11H11N5O2S. The molecule has 8 heteroatoms. The summed E-state index contributed by atoms with van der Waals surface area (Å²) in [5, 5.41) is 12.9. The molecule has 0 spiro atoms. The van der Waals surface area contributed by atoms with Crippen LogP contribution in [0.1, 0.15) is 11.4 Å². The lowest BCUT2D eigenvalue weighted by Gasteiger charge is -2.08. The van der Waals surface area contributed by atoms with Gasteiger partial charge in [0.1, 0.15) is 16.8 Å². The molecule has 0 radical (unpaired) electrons. The highest BCUT2D eigenvalue weighted by Crippen LogP contribution is 2.18. The van der Waals surface area contributed by atoms with Gasteiger partial charge in [-0.2, -0.15) is 10.4 Å². The standard InChI is InChI=1S/C11H11N5O2S/c1-8-6-11(16(2)14-8)15-19(17,18)10-4-3-5-13-9(10)7-12/h3-6,15H,1-2H3. The summed E-state index contributed by atoms with van der Waals surface area (Å²) in [6.07, 6.45) is 1.37. The lowest BCUT2D eigenvalue weighted by atomic mass is 10.4. The molecule has 19 heavy (non-hydrogen) atoms. The van der Waals surface area contributed by atoms with Gasteiger partial charge in [0.25, 0.3) is 10.0 Å². The Morgan fingerprint density at radius 3 is 2.79 bits per heavy atom. The molecule has 2 heterocycles. The van der Waals surface area contributed by atoms with Crippen LogP contribution in [-0.4, -0.2) is 23.2 Å². The van der Waals surface area contributed by atoms with Gasteiger partial charge < -0.3 is 0 Å². The van der Waals surface area contributed by atoms with Crippen molar-refractivity contribution >= 4 is 15.8 Å². The maximum absolute atomic E-state index is 12.2. The molecule has 7 nitrogen and oxygen atoms in total. The third kappa shape index (κ3) is 2.56. The van der Waals surface area contributed by atoms with E-state index in [0.717, 1.165) is 0 Å². The number of anilines is 1. The molecule has 0 atom stereocenters. The SMILES string of the molecule is Cc1cc(NS(=O)(=O)c2cccnc2C#N)n(C)n1. The van der Waals surface area contributed by atoms with Gasteiger partial charge in [-0.1, -0.05) is 0 Å². The fraction of sp³-hybridized carbons (Fsp3) is 0.182. The van der Waals surface area contributed by atoms with Crippen LogP contribution >= 0.6 is 0 Å². The molecule has 0 saturated heterocycles. The van der Waals surface area contributed by atoms with Gasteiger partial charge in [0.05, 0.1) is 5.69 Å². The van der Waals surface area contributed by atoms with Crippen molar-refractivity contribution in [2.45, 2.75) is 11.8 Å². The minimum atomic E-state index is -3.86. The lowest BCUT2D eigenvalue weighted by Crippen LogP contribution is -2.17. The molecule has 2 rings (SSSR count). The van der Waals surface area contributed by atoms with Crippen molar-refractivity contribution in [2.75, 3.05) is 4.72 Å². The first kappa shape index (κ1) is 13.0. The van der Waals surface area contributed by atoms with Crippen LogP contribution in [0.5, 0.6) is 0 Å². The van der Waals surface area contributed by atoms with Gasteiger partial charge in [-0.25, -0.2) is 13.4 Å². The molecule has 2 aromatic rings. The van der Waals surface area contributed by atoms with E-state index in [-0.39, 0.29) is 10.6 Å².